The zero-order valence-electron chi connectivity index (χ0n) is 15.5. The largest absolute Gasteiger partial charge is 0.357 e. The summed E-state index contributed by atoms with van der Waals surface area (Å²) < 4.78 is 0. The molecule has 0 radical (unpaired) electrons. The van der Waals surface area contributed by atoms with Gasteiger partial charge >= 0.3 is 0 Å². The van der Waals surface area contributed by atoms with Crippen LogP contribution in [0, 0.1) is 0 Å². The van der Waals surface area contributed by atoms with Crippen LogP contribution in [-0.2, 0) is 13.0 Å². The molecule has 2 rings (SSSR count). The summed E-state index contributed by atoms with van der Waals surface area (Å²) in [4.78, 5) is 19.8. The molecule has 0 fully saturated rings. The molecule has 1 amide bonds. The Morgan fingerprint density at radius 1 is 1.23 bits per heavy atom. The third kappa shape index (κ3) is 6.95. The van der Waals surface area contributed by atoms with Crippen molar-refractivity contribution < 1.29 is 4.79 Å². The van der Waals surface area contributed by atoms with E-state index in [0.29, 0.717) is 12.1 Å². The van der Waals surface area contributed by atoms with Gasteiger partial charge in [-0.1, -0.05) is 18.2 Å². The maximum absolute atomic E-state index is 11.6. The van der Waals surface area contributed by atoms with Crippen molar-refractivity contribution in [2.24, 2.45) is 4.99 Å². The molecule has 1 aromatic heterocycles. The number of thiophene rings is 1. The highest BCUT2D eigenvalue weighted by molar-refractivity contribution is 14.0. The van der Waals surface area contributed by atoms with E-state index in [9.17, 15) is 4.79 Å². The lowest BCUT2D eigenvalue weighted by Gasteiger charge is -2.21. The SMILES string of the molecule is CCNC(=NCc1ccc(C(=O)NC)cc1)N(C)CCc1cccs1.I. The van der Waals surface area contributed by atoms with Crippen LogP contribution in [0.25, 0.3) is 0 Å². The molecule has 0 saturated carbocycles. The van der Waals surface area contributed by atoms with Crippen LogP contribution in [0.3, 0.4) is 0 Å². The zero-order valence-corrected chi connectivity index (χ0v) is 18.6. The molecule has 1 aromatic carbocycles. The van der Waals surface area contributed by atoms with Gasteiger partial charge in [0.25, 0.3) is 5.91 Å². The van der Waals surface area contributed by atoms with Gasteiger partial charge in [0.05, 0.1) is 6.54 Å². The fourth-order valence-corrected chi connectivity index (χ4v) is 3.08. The summed E-state index contributed by atoms with van der Waals surface area (Å²) in [5, 5.41) is 8.07. The van der Waals surface area contributed by atoms with Crippen molar-refractivity contribution in [1.82, 2.24) is 15.5 Å². The topological polar surface area (TPSA) is 56.7 Å². The van der Waals surface area contributed by atoms with Gasteiger partial charge in [0, 0.05) is 37.6 Å². The lowest BCUT2D eigenvalue weighted by molar-refractivity contribution is 0.0963. The lowest BCUT2D eigenvalue weighted by Crippen LogP contribution is -2.39. The molecule has 0 aliphatic rings. The van der Waals surface area contributed by atoms with E-state index >= 15 is 0 Å². The first kappa shape index (κ1) is 22.4. The Labute approximate surface area is 176 Å². The van der Waals surface area contributed by atoms with E-state index in [2.05, 4.69) is 47.0 Å². The number of nitrogens with zero attached hydrogens (tertiary/aromatic N) is 2. The number of hydrogen-bond acceptors (Lipinski definition) is 3. The standard InChI is InChI=1S/C19H26N4OS.HI/c1-4-21-19(23(3)12-11-17-6-5-13-25-17)22-14-15-7-9-16(10-8-15)18(24)20-2;/h5-10,13H,4,11-12,14H2,1-3H3,(H,20,24)(H,21,22);1H. The summed E-state index contributed by atoms with van der Waals surface area (Å²) in [6, 6.07) is 11.8. The number of amides is 1. The predicted octanol–water partition coefficient (Wildman–Crippen LogP) is 3.37. The highest BCUT2D eigenvalue weighted by Crippen LogP contribution is 2.10. The molecule has 0 bridgehead atoms. The van der Waals surface area contributed by atoms with E-state index in [4.69, 9.17) is 4.99 Å². The highest BCUT2D eigenvalue weighted by Gasteiger charge is 2.07. The van der Waals surface area contributed by atoms with Gasteiger partial charge in [0.15, 0.2) is 5.96 Å². The molecule has 0 unspecified atom stereocenters. The van der Waals surface area contributed by atoms with Crippen LogP contribution in [-0.4, -0.2) is 44.0 Å². The van der Waals surface area contributed by atoms with Crippen LogP contribution in [0.5, 0.6) is 0 Å². The zero-order chi connectivity index (χ0) is 18.1. The normalized spacial score (nSPS) is 10.8. The van der Waals surface area contributed by atoms with E-state index < -0.39 is 0 Å². The van der Waals surface area contributed by atoms with Crippen LogP contribution in [0.1, 0.15) is 27.7 Å². The Morgan fingerprint density at radius 3 is 2.54 bits per heavy atom. The first-order valence-electron chi connectivity index (χ1n) is 8.47. The van der Waals surface area contributed by atoms with Crippen molar-refractivity contribution in [2.75, 3.05) is 27.2 Å². The van der Waals surface area contributed by atoms with Crippen molar-refractivity contribution >= 4 is 47.2 Å². The summed E-state index contributed by atoms with van der Waals surface area (Å²) in [5.74, 6) is 0.825. The molecular formula is C19H27IN4OS. The summed E-state index contributed by atoms with van der Waals surface area (Å²) in [6.45, 7) is 4.40. The van der Waals surface area contributed by atoms with Gasteiger partial charge in [-0.05, 0) is 42.5 Å². The Balaban J connectivity index is 0.00000338. The molecule has 2 N–H and O–H groups in total. The summed E-state index contributed by atoms with van der Waals surface area (Å²) in [6.07, 6.45) is 1.01. The number of benzene rings is 1. The molecule has 26 heavy (non-hydrogen) atoms. The molecule has 0 aliphatic carbocycles. The van der Waals surface area contributed by atoms with Crippen LogP contribution in [0.4, 0.5) is 0 Å². The Morgan fingerprint density at radius 2 is 1.96 bits per heavy atom. The molecule has 0 spiro atoms. The van der Waals surface area contributed by atoms with Gasteiger partial charge in [-0.15, -0.1) is 35.3 Å². The minimum Gasteiger partial charge on any atom is -0.357 e. The molecule has 0 atom stereocenters. The average Bonchev–Trinajstić information content (AvgIpc) is 3.16. The Kier molecular flexibility index (Phi) is 10.3. The molecule has 1 heterocycles. The van der Waals surface area contributed by atoms with Gasteiger partial charge < -0.3 is 15.5 Å². The number of likely N-dealkylation sites (N-methyl/N-ethyl adjacent to an activating group) is 1. The average molecular weight is 486 g/mol. The monoisotopic (exact) mass is 486 g/mol. The van der Waals surface area contributed by atoms with E-state index in [1.807, 2.05) is 24.3 Å². The minimum atomic E-state index is -0.0725. The molecule has 0 saturated heterocycles. The second-order valence-electron chi connectivity index (χ2n) is 5.70. The molecule has 2 aromatic rings. The summed E-state index contributed by atoms with van der Waals surface area (Å²) >= 11 is 1.79. The fourth-order valence-electron chi connectivity index (χ4n) is 2.38. The summed E-state index contributed by atoms with van der Waals surface area (Å²) in [5.41, 5.74) is 1.74. The first-order chi connectivity index (χ1) is 12.1. The Bertz CT molecular complexity index is 686. The Hall–Kier alpha value is -1.61. The van der Waals surface area contributed by atoms with E-state index in [1.165, 1.54) is 4.88 Å². The number of halogens is 1. The number of carbonyl (C=O) groups is 1. The van der Waals surface area contributed by atoms with Gasteiger partial charge in [0.1, 0.15) is 0 Å². The van der Waals surface area contributed by atoms with Crippen molar-refractivity contribution in [1.29, 1.82) is 0 Å². The van der Waals surface area contributed by atoms with E-state index in [-0.39, 0.29) is 29.9 Å². The minimum absolute atomic E-state index is 0. The van der Waals surface area contributed by atoms with Crippen LogP contribution >= 0.6 is 35.3 Å². The second-order valence-corrected chi connectivity index (χ2v) is 6.73. The third-order valence-corrected chi connectivity index (χ3v) is 4.76. The first-order valence-corrected chi connectivity index (χ1v) is 9.34. The highest BCUT2D eigenvalue weighted by atomic mass is 127. The van der Waals surface area contributed by atoms with Crippen molar-refractivity contribution in [2.45, 2.75) is 19.9 Å². The van der Waals surface area contributed by atoms with Gasteiger partial charge in [0.2, 0.25) is 0 Å². The third-order valence-electron chi connectivity index (χ3n) is 3.82. The van der Waals surface area contributed by atoms with Crippen LogP contribution < -0.4 is 10.6 Å². The molecule has 7 heteroatoms. The van der Waals surface area contributed by atoms with Gasteiger partial charge in [-0.2, -0.15) is 0 Å². The van der Waals surface area contributed by atoms with Gasteiger partial charge in [-0.3, -0.25) is 4.79 Å². The number of nitrogens with one attached hydrogen (secondary N) is 2. The predicted molar refractivity (Wildman–Crippen MR) is 121 cm³/mol. The molecule has 5 nitrogen and oxygen atoms in total. The number of carbonyl (C=O) groups excluding carboxylic acids is 1. The number of aliphatic imine (C=N–C) groups is 1. The molecule has 0 aliphatic heterocycles. The number of hydrogen-bond donors (Lipinski definition) is 2. The maximum Gasteiger partial charge on any atom is 0.251 e. The van der Waals surface area contributed by atoms with Crippen molar-refractivity contribution in [3.8, 4) is 0 Å². The number of rotatable bonds is 7. The smallest absolute Gasteiger partial charge is 0.251 e. The molecule has 142 valence electrons. The van der Waals surface area contributed by atoms with E-state index in [1.54, 1.807) is 18.4 Å². The van der Waals surface area contributed by atoms with Crippen LogP contribution in [0.2, 0.25) is 0 Å². The quantitative estimate of drug-likeness (QED) is 0.359. The molecular weight excluding hydrogens is 459 g/mol. The lowest BCUT2D eigenvalue weighted by atomic mass is 10.1. The number of guanidine groups is 1. The second kappa shape index (κ2) is 11.9. The maximum atomic E-state index is 11.6. The summed E-state index contributed by atoms with van der Waals surface area (Å²) in [7, 11) is 3.69. The van der Waals surface area contributed by atoms with Crippen molar-refractivity contribution in [3.63, 3.8) is 0 Å². The van der Waals surface area contributed by atoms with E-state index in [0.717, 1.165) is 31.0 Å². The van der Waals surface area contributed by atoms with Crippen molar-refractivity contribution in [3.05, 3.63) is 57.8 Å². The van der Waals surface area contributed by atoms with Crippen LogP contribution in [0.15, 0.2) is 46.8 Å². The fraction of sp³-hybridized carbons (Fsp3) is 0.368. The van der Waals surface area contributed by atoms with Gasteiger partial charge in [-0.25, -0.2) is 4.99 Å².